The van der Waals surface area contributed by atoms with Crippen LogP contribution in [0.3, 0.4) is 0 Å². The molecule has 138 valence electrons. The van der Waals surface area contributed by atoms with Crippen LogP contribution < -0.4 is 5.43 Å². The first kappa shape index (κ1) is 20.4. The zero-order chi connectivity index (χ0) is 19.3. The maximum absolute atomic E-state index is 12.5. The highest BCUT2D eigenvalue weighted by atomic mass is 35.5. The zero-order valence-electron chi connectivity index (χ0n) is 14.1. The molecule has 0 unspecified atom stereocenters. The third-order valence-electron chi connectivity index (χ3n) is 3.39. The van der Waals surface area contributed by atoms with Gasteiger partial charge in [0.2, 0.25) is 10.0 Å². The van der Waals surface area contributed by atoms with E-state index >= 15 is 0 Å². The number of carbonyl (C=O) groups is 1. The minimum atomic E-state index is -3.97. The quantitative estimate of drug-likeness (QED) is 0.583. The molecule has 0 fully saturated rings. The molecule has 0 spiro atoms. The van der Waals surface area contributed by atoms with Crippen molar-refractivity contribution in [1.82, 2.24) is 9.73 Å². The first-order valence-electron chi connectivity index (χ1n) is 7.50. The number of likely N-dealkylation sites (N-methyl/N-ethyl adjacent to an activating group) is 1. The van der Waals surface area contributed by atoms with Crippen molar-refractivity contribution in [3.63, 3.8) is 0 Å². The molecule has 0 aliphatic heterocycles. The number of hydrogen-bond donors (Lipinski definition) is 1. The molecule has 1 N–H and O–H groups in total. The summed E-state index contributed by atoms with van der Waals surface area (Å²) < 4.78 is 26.0. The minimum Gasteiger partial charge on any atom is -0.272 e. The van der Waals surface area contributed by atoms with Crippen LogP contribution >= 0.6 is 23.2 Å². The van der Waals surface area contributed by atoms with Crippen LogP contribution in [-0.2, 0) is 14.8 Å². The van der Waals surface area contributed by atoms with E-state index < -0.39 is 22.5 Å². The number of nitrogens with one attached hydrogen (secondary N) is 1. The van der Waals surface area contributed by atoms with Gasteiger partial charge in [-0.25, -0.2) is 13.8 Å². The Morgan fingerprint density at radius 3 is 2.65 bits per heavy atom. The van der Waals surface area contributed by atoms with E-state index in [1.165, 1.54) is 31.5 Å². The Morgan fingerprint density at radius 1 is 1.23 bits per heavy atom. The summed E-state index contributed by atoms with van der Waals surface area (Å²) in [5, 5.41) is 4.09. The summed E-state index contributed by atoms with van der Waals surface area (Å²) in [5.41, 5.74) is 4.17. The number of sulfonamides is 1. The van der Waals surface area contributed by atoms with Gasteiger partial charge in [0.1, 0.15) is 4.90 Å². The largest absolute Gasteiger partial charge is 0.272 e. The van der Waals surface area contributed by atoms with Gasteiger partial charge in [0.05, 0.1) is 17.8 Å². The highest BCUT2D eigenvalue weighted by Crippen LogP contribution is 2.27. The van der Waals surface area contributed by atoms with Crippen molar-refractivity contribution >= 4 is 45.3 Å². The lowest BCUT2D eigenvalue weighted by molar-refractivity contribution is -0.121. The molecule has 0 saturated heterocycles. The van der Waals surface area contributed by atoms with Crippen molar-refractivity contribution in [3.8, 4) is 0 Å². The molecule has 26 heavy (non-hydrogen) atoms. The van der Waals surface area contributed by atoms with E-state index in [2.05, 4.69) is 10.5 Å². The summed E-state index contributed by atoms with van der Waals surface area (Å²) >= 11 is 11.8. The van der Waals surface area contributed by atoms with E-state index in [-0.39, 0.29) is 14.9 Å². The van der Waals surface area contributed by atoms with E-state index in [0.717, 1.165) is 15.4 Å². The second kappa shape index (κ2) is 8.64. The van der Waals surface area contributed by atoms with Gasteiger partial charge in [-0.3, -0.25) is 4.79 Å². The summed E-state index contributed by atoms with van der Waals surface area (Å²) in [5.74, 6) is -0.585. The Bertz CT molecular complexity index is 946. The zero-order valence-corrected chi connectivity index (χ0v) is 16.4. The first-order chi connectivity index (χ1) is 12.2. The standard InChI is InChI=1S/C17H17Cl2N3O3S/c1-12-4-3-5-13(8-12)10-20-21-17(23)11-22(2)26(24,25)16-9-14(18)6-7-15(16)19/h3-10H,11H2,1-2H3,(H,21,23). The van der Waals surface area contributed by atoms with E-state index in [9.17, 15) is 13.2 Å². The third-order valence-corrected chi connectivity index (χ3v) is 5.91. The summed E-state index contributed by atoms with van der Waals surface area (Å²) in [4.78, 5) is 11.8. The number of halogens is 2. The van der Waals surface area contributed by atoms with Gasteiger partial charge in [0.25, 0.3) is 5.91 Å². The van der Waals surface area contributed by atoms with Crippen LogP contribution in [0.1, 0.15) is 11.1 Å². The SMILES string of the molecule is Cc1cccc(C=NNC(=O)CN(C)S(=O)(=O)c2cc(Cl)ccc2Cl)c1. The van der Waals surface area contributed by atoms with Crippen LogP contribution in [0.15, 0.2) is 52.5 Å². The van der Waals surface area contributed by atoms with E-state index in [0.29, 0.717) is 0 Å². The van der Waals surface area contributed by atoms with Gasteiger partial charge in [-0.2, -0.15) is 9.41 Å². The van der Waals surface area contributed by atoms with Gasteiger partial charge in [-0.15, -0.1) is 0 Å². The molecular weight excluding hydrogens is 397 g/mol. The number of benzene rings is 2. The number of rotatable bonds is 6. The van der Waals surface area contributed by atoms with Crippen molar-refractivity contribution in [1.29, 1.82) is 0 Å². The molecule has 0 radical (unpaired) electrons. The van der Waals surface area contributed by atoms with E-state index in [4.69, 9.17) is 23.2 Å². The van der Waals surface area contributed by atoms with Crippen LogP contribution in [0.5, 0.6) is 0 Å². The molecule has 0 atom stereocenters. The lowest BCUT2D eigenvalue weighted by atomic mass is 10.2. The second-order valence-corrected chi connectivity index (χ2v) is 8.40. The summed E-state index contributed by atoms with van der Waals surface area (Å²) in [6.07, 6.45) is 1.48. The summed E-state index contributed by atoms with van der Waals surface area (Å²) in [6.45, 7) is 1.52. The summed E-state index contributed by atoms with van der Waals surface area (Å²) in [7, 11) is -2.69. The normalized spacial score (nSPS) is 11.9. The average Bonchev–Trinajstić information content (AvgIpc) is 2.57. The number of aryl methyl sites for hydroxylation is 1. The summed E-state index contributed by atoms with van der Waals surface area (Å²) in [6, 6.07) is 11.6. The second-order valence-electron chi connectivity index (χ2n) is 5.54. The van der Waals surface area contributed by atoms with E-state index in [1.54, 1.807) is 0 Å². The van der Waals surface area contributed by atoms with Crippen LogP contribution in [-0.4, -0.2) is 38.4 Å². The van der Waals surface area contributed by atoms with Gasteiger partial charge >= 0.3 is 0 Å². The number of nitrogens with zero attached hydrogens (tertiary/aromatic N) is 2. The van der Waals surface area contributed by atoms with Crippen LogP contribution in [0.4, 0.5) is 0 Å². The molecule has 2 aromatic carbocycles. The Kier molecular flexibility index (Phi) is 6.77. The minimum absolute atomic E-state index is 0.0270. The maximum atomic E-state index is 12.5. The maximum Gasteiger partial charge on any atom is 0.255 e. The Hall–Kier alpha value is -1.93. The molecule has 0 aromatic heterocycles. The van der Waals surface area contributed by atoms with Crippen LogP contribution in [0, 0.1) is 6.92 Å². The molecular formula is C17H17Cl2N3O3S. The molecule has 0 saturated carbocycles. The molecule has 0 aliphatic carbocycles. The number of hydrazone groups is 1. The molecule has 0 heterocycles. The highest BCUT2D eigenvalue weighted by Gasteiger charge is 2.25. The smallest absolute Gasteiger partial charge is 0.255 e. The number of carbonyl (C=O) groups excluding carboxylic acids is 1. The topological polar surface area (TPSA) is 78.8 Å². The molecule has 2 aromatic rings. The fraction of sp³-hybridized carbons (Fsp3) is 0.176. The van der Waals surface area contributed by atoms with Crippen LogP contribution in [0.25, 0.3) is 0 Å². The Balaban J connectivity index is 2.03. The fourth-order valence-electron chi connectivity index (χ4n) is 2.09. The van der Waals surface area contributed by atoms with Gasteiger partial charge in [0.15, 0.2) is 0 Å². The molecule has 6 nitrogen and oxygen atoms in total. The monoisotopic (exact) mass is 413 g/mol. The van der Waals surface area contributed by atoms with Crippen molar-refractivity contribution < 1.29 is 13.2 Å². The molecule has 2 rings (SSSR count). The van der Waals surface area contributed by atoms with Gasteiger partial charge in [-0.05, 0) is 30.7 Å². The van der Waals surface area contributed by atoms with Gasteiger partial charge in [0, 0.05) is 12.1 Å². The van der Waals surface area contributed by atoms with Gasteiger partial charge < -0.3 is 0 Å². The predicted octanol–water partition coefficient (Wildman–Crippen LogP) is 3.07. The van der Waals surface area contributed by atoms with Crippen molar-refractivity contribution in [2.24, 2.45) is 5.10 Å². The lowest BCUT2D eigenvalue weighted by Gasteiger charge is -2.17. The fourth-order valence-corrected chi connectivity index (χ4v) is 3.95. The van der Waals surface area contributed by atoms with E-state index in [1.807, 2.05) is 31.2 Å². The third kappa shape index (κ3) is 5.28. The average molecular weight is 414 g/mol. The molecule has 9 heteroatoms. The highest BCUT2D eigenvalue weighted by molar-refractivity contribution is 7.89. The Morgan fingerprint density at radius 2 is 1.96 bits per heavy atom. The van der Waals surface area contributed by atoms with Crippen LogP contribution in [0.2, 0.25) is 10.0 Å². The lowest BCUT2D eigenvalue weighted by Crippen LogP contribution is -2.36. The number of amides is 1. The molecule has 1 amide bonds. The predicted molar refractivity (Wildman–Crippen MR) is 103 cm³/mol. The van der Waals surface area contributed by atoms with Gasteiger partial charge in [-0.1, -0.05) is 53.0 Å². The number of hydrogen-bond acceptors (Lipinski definition) is 4. The van der Waals surface area contributed by atoms with Crippen molar-refractivity contribution in [2.75, 3.05) is 13.6 Å². The Labute approximate surface area is 162 Å². The molecule has 0 aliphatic rings. The molecule has 0 bridgehead atoms. The van der Waals surface area contributed by atoms with Crippen molar-refractivity contribution in [2.45, 2.75) is 11.8 Å². The van der Waals surface area contributed by atoms with Crippen molar-refractivity contribution in [3.05, 3.63) is 63.6 Å². The first-order valence-corrected chi connectivity index (χ1v) is 9.69.